The van der Waals surface area contributed by atoms with E-state index in [9.17, 15) is 9.50 Å². The van der Waals surface area contributed by atoms with Gasteiger partial charge in [0.15, 0.2) is 11.6 Å². The van der Waals surface area contributed by atoms with E-state index in [1.807, 2.05) is 19.9 Å². The van der Waals surface area contributed by atoms with Gasteiger partial charge in [0.2, 0.25) is 0 Å². The summed E-state index contributed by atoms with van der Waals surface area (Å²) in [5.41, 5.74) is 1.85. The number of aromatic amines is 1. The van der Waals surface area contributed by atoms with Crippen LogP contribution in [-0.4, -0.2) is 10.1 Å². The topological polar surface area (TPSA) is 36.0 Å². The lowest BCUT2D eigenvalue weighted by atomic mass is 10.2. The Bertz CT molecular complexity index is 500. The highest BCUT2D eigenvalue weighted by Crippen LogP contribution is 2.41. The maximum Gasteiger partial charge on any atom is 0.174 e. The number of phenolic OH excluding ortho intramolecular Hbond substituents is 1. The van der Waals surface area contributed by atoms with Crippen LogP contribution in [0, 0.1) is 5.82 Å². The number of fused-ring (bicyclic) bond motifs is 1. The van der Waals surface area contributed by atoms with E-state index in [0.29, 0.717) is 11.3 Å². The number of aromatic hydroxyl groups is 1. The first-order valence-corrected chi connectivity index (χ1v) is 5.76. The van der Waals surface area contributed by atoms with Crippen molar-refractivity contribution in [3.8, 4) is 5.75 Å². The van der Waals surface area contributed by atoms with E-state index in [-0.39, 0.29) is 5.75 Å². The lowest BCUT2D eigenvalue weighted by molar-refractivity contribution is 0.436. The number of halogens is 1. The molecule has 3 rings (SSSR count). The molecule has 1 aromatic heterocycles. The van der Waals surface area contributed by atoms with Crippen molar-refractivity contribution < 1.29 is 9.50 Å². The van der Waals surface area contributed by atoms with Gasteiger partial charge in [-0.25, -0.2) is 4.39 Å². The number of rotatable bonds is 1. The number of benzene rings is 1. The molecule has 1 fully saturated rings. The maximum absolute atomic E-state index is 13.4. The molecule has 1 saturated carbocycles. The molecular weight excluding hydrogens is 205 g/mol. The van der Waals surface area contributed by atoms with Gasteiger partial charge in [0.05, 0.1) is 0 Å². The molecule has 0 aliphatic heterocycles. The Morgan fingerprint density at radius 1 is 1.31 bits per heavy atom. The number of H-pyrrole nitrogens is 1. The Hall–Kier alpha value is -1.51. The molecule has 86 valence electrons. The third-order valence-electron chi connectivity index (χ3n) is 2.76. The van der Waals surface area contributed by atoms with E-state index in [1.165, 1.54) is 18.9 Å². The molecule has 1 heterocycles. The highest BCUT2D eigenvalue weighted by molar-refractivity contribution is 5.83. The fraction of sp³-hybridized carbons (Fsp3) is 0.385. The third kappa shape index (κ3) is 1.77. The predicted molar refractivity (Wildman–Crippen MR) is 63.2 cm³/mol. The molecule has 2 aromatic rings. The summed E-state index contributed by atoms with van der Waals surface area (Å²) in [5, 5.41) is 9.68. The molecule has 0 spiro atoms. The van der Waals surface area contributed by atoms with Crippen molar-refractivity contribution in [2.45, 2.75) is 32.6 Å². The van der Waals surface area contributed by atoms with Gasteiger partial charge in [-0.1, -0.05) is 13.8 Å². The second-order valence-electron chi connectivity index (χ2n) is 3.86. The average molecular weight is 221 g/mol. The molecule has 1 aromatic carbocycles. The van der Waals surface area contributed by atoms with Crippen LogP contribution in [0.4, 0.5) is 4.39 Å². The van der Waals surface area contributed by atoms with Crippen LogP contribution in [0.2, 0.25) is 0 Å². The van der Waals surface area contributed by atoms with Gasteiger partial charge in [-0.3, -0.25) is 0 Å². The second-order valence-corrected chi connectivity index (χ2v) is 3.86. The van der Waals surface area contributed by atoms with Gasteiger partial charge in [0, 0.05) is 16.6 Å². The molecule has 1 aliphatic carbocycles. The molecule has 2 N–H and O–H groups in total. The largest absolute Gasteiger partial charge is 0.505 e. The van der Waals surface area contributed by atoms with E-state index in [2.05, 4.69) is 4.98 Å². The molecule has 0 unspecified atom stereocenters. The third-order valence-corrected chi connectivity index (χ3v) is 2.76. The van der Waals surface area contributed by atoms with Crippen molar-refractivity contribution in [2.24, 2.45) is 0 Å². The van der Waals surface area contributed by atoms with Crippen molar-refractivity contribution in [3.63, 3.8) is 0 Å². The average Bonchev–Trinajstić information content (AvgIpc) is 3.07. The number of phenols is 1. The van der Waals surface area contributed by atoms with Crippen LogP contribution in [0.1, 0.15) is 38.3 Å². The maximum atomic E-state index is 13.4. The Labute approximate surface area is 94.1 Å². The quantitative estimate of drug-likeness (QED) is 0.752. The van der Waals surface area contributed by atoms with Crippen LogP contribution in [0.5, 0.6) is 5.75 Å². The van der Waals surface area contributed by atoms with Crippen LogP contribution >= 0.6 is 0 Å². The molecule has 1 aliphatic rings. The van der Waals surface area contributed by atoms with Gasteiger partial charge in [-0.2, -0.15) is 0 Å². The fourth-order valence-corrected chi connectivity index (χ4v) is 1.79. The van der Waals surface area contributed by atoms with Crippen molar-refractivity contribution in [3.05, 3.63) is 29.7 Å². The Balaban J connectivity index is 0.000000457. The van der Waals surface area contributed by atoms with Gasteiger partial charge in [0.25, 0.3) is 0 Å². The lowest BCUT2D eigenvalue weighted by Crippen LogP contribution is -1.76. The number of nitrogens with one attached hydrogen (secondary N) is 1. The molecule has 0 radical (unpaired) electrons. The molecule has 3 heteroatoms. The standard InChI is InChI=1S/C11H10FNO.C2H6/c12-11-7-5-9(6-1-2-6)13-8(7)3-4-10(11)14;1-2/h3-6,13-14H,1-2H2;1-2H3. The molecule has 0 saturated heterocycles. The smallest absolute Gasteiger partial charge is 0.174 e. The van der Waals surface area contributed by atoms with Crippen LogP contribution in [0.25, 0.3) is 10.9 Å². The molecule has 0 bridgehead atoms. The Morgan fingerprint density at radius 3 is 2.62 bits per heavy atom. The molecule has 0 amide bonds. The first-order valence-electron chi connectivity index (χ1n) is 5.76. The van der Waals surface area contributed by atoms with E-state index in [4.69, 9.17) is 0 Å². The van der Waals surface area contributed by atoms with Gasteiger partial charge < -0.3 is 10.1 Å². The van der Waals surface area contributed by atoms with Crippen LogP contribution in [0.3, 0.4) is 0 Å². The minimum Gasteiger partial charge on any atom is -0.505 e. The lowest BCUT2D eigenvalue weighted by Gasteiger charge is -1.94. The first kappa shape index (κ1) is 11.0. The highest BCUT2D eigenvalue weighted by atomic mass is 19.1. The van der Waals surface area contributed by atoms with Gasteiger partial charge >= 0.3 is 0 Å². The first-order chi connectivity index (χ1) is 7.75. The number of hydrogen-bond donors (Lipinski definition) is 2. The summed E-state index contributed by atoms with van der Waals surface area (Å²) in [5.74, 6) is -0.228. The van der Waals surface area contributed by atoms with Crippen LogP contribution < -0.4 is 0 Å². The molecular formula is C13H16FNO. The van der Waals surface area contributed by atoms with Crippen LogP contribution in [0.15, 0.2) is 18.2 Å². The van der Waals surface area contributed by atoms with Crippen molar-refractivity contribution in [2.75, 3.05) is 0 Å². The van der Waals surface area contributed by atoms with Crippen molar-refractivity contribution in [1.82, 2.24) is 4.98 Å². The summed E-state index contributed by atoms with van der Waals surface area (Å²) in [6.07, 6.45) is 2.36. The van der Waals surface area contributed by atoms with Crippen LogP contribution in [-0.2, 0) is 0 Å². The zero-order valence-electron chi connectivity index (χ0n) is 9.55. The zero-order valence-corrected chi connectivity index (χ0v) is 9.55. The highest BCUT2D eigenvalue weighted by Gasteiger charge is 2.25. The monoisotopic (exact) mass is 221 g/mol. The SMILES string of the molecule is CC.Oc1ccc2[nH]c(C3CC3)cc2c1F. The van der Waals surface area contributed by atoms with Gasteiger partial charge in [0.1, 0.15) is 0 Å². The Morgan fingerprint density at radius 2 is 2.00 bits per heavy atom. The fourth-order valence-electron chi connectivity index (χ4n) is 1.79. The summed E-state index contributed by atoms with van der Waals surface area (Å²) in [6.45, 7) is 4.00. The molecule has 0 atom stereocenters. The summed E-state index contributed by atoms with van der Waals surface area (Å²) in [7, 11) is 0. The van der Waals surface area contributed by atoms with E-state index in [1.54, 1.807) is 6.07 Å². The zero-order chi connectivity index (χ0) is 11.7. The van der Waals surface area contributed by atoms with Crippen molar-refractivity contribution >= 4 is 10.9 Å². The number of aromatic nitrogens is 1. The molecule has 16 heavy (non-hydrogen) atoms. The minimum atomic E-state index is -0.523. The Kier molecular flexibility index (Phi) is 2.86. The second kappa shape index (κ2) is 4.16. The van der Waals surface area contributed by atoms with E-state index in [0.717, 1.165) is 11.2 Å². The normalized spacial score (nSPS) is 14.7. The van der Waals surface area contributed by atoms with Gasteiger partial charge in [-0.15, -0.1) is 0 Å². The summed E-state index contributed by atoms with van der Waals surface area (Å²) >= 11 is 0. The summed E-state index contributed by atoms with van der Waals surface area (Å²) in [4.78, 5) is 3.17. The molecule has 2 nitrogen and oxygen atoms in total. The van der Waals surface area contributed by atoms with Gasteiger partial charge in [-0.05, 0) is 37.0 Å². The van der Waals surface area contributed by atoms with E-state index < -0.39 is 5.82 Å². The predicted octanol–water partition coefficient (Wildman–Crippen LogP) is 3.92. The van der Waals surface area contributed by atoms with E-state index >= 15 is 0 Å². The van der Waals surface area contributed by atoms with Crippen molar-refractivity contribution in [1.29, 1.82) is 0 Å². The summed E-state index contributed by atoms with van der Waals surface area (Å²) in [6, 6.07) is 4.90. The summed E-state index contributed by atoms with van der Waals surface area (Å²) < 4.78 is 13.4. The number of hydrogen-bond acceptors (Lipinski definition) is 1. The minimum absolute atomic E-state index is 0.279.